The van der Waals surface area contributed by atoms with Crippen LogP contribution in [0.2, 0.25) is 0 Å². The molecule has 1 unspecified atom stereocenters. The summed E-state index contributed by atoms with van der Waals surface area (Å²) >= 11 is 3.37. The van der Waals surface area contributed by atoms with Crippen molar-refractivity contribution < 1.29 is 0 Å². The predicted molar refractivity (Wildman–Crippen MR) is 65.4 cm³/mol. The van der Waals surface area contributed by atoms with Crippen molar-refractivity contribution >= 4 is 22.7 Å². The minimum atomic E-state index is 0.273. The summed E-state index contributed by atoms with van der Waals surface area (Å²) in [6.07, 6.45) is 0. The molecule has 0 aliphatic heterocycles. The van der Waals surface area contributed by atoms with Gasteiger partial charge in [-0.05, 0) is 31.8 Å². The first-order valence-electron chi connectivity index (χ1n) is 4.76. The molecule has 0 bridgehead atoms. The molecule has 2 aromatic rings. The number of rotatable bonds is 3. The molecule has 0 spiro atoms. The van der Waals surface area contributed by atoms with Crippen molar-refractivity contribution in [2.75, 3.05) is 7.05 Å². The molecule has 80 valence electrons. The fraction of sp³-hybridized carbons (Fsp3) is 0.400. The highest BCUT2D eigenvalue weighted by molar-refractivity contribution is 7.15. The highest BCUT2D eigenvalue weighted by Gasteiger charge is 2.12. The van der Waals surface area contributed by atoms with Gasteiger partial charge in [0.25, 0.3) is 0 Å². The summed E-state index contributed by atoms with van der Waals surface area (Å²) < 4.78 is 0. The van der Waals surface area contributed by atoms with E-state index >= 15 is 0 Å². The highest BCUT2D eigenvalue weighted by atomic mass is 32.1. The van der Waals surface area contributed by atoms with Crippen LogP contribution in [-0.4, -0.2) is 17.2 Å². The van der Waals surface area contributed by atoms with Crippen LogP contribution < -0.4 is 5.32 Å². The van der Waals surface area contributed by atoms with Crippen molar-refractivity contribution in [3.63, 3.8) is 0 Å². The van der Waals surface area contributed by atoms with E-state index in [1.165, 1.54) is 11.1 Å². The number of hydrogen-bond acceptors (Lipinski definition) is 5. The van der Waals surface area contributed by atoms with E-state index in [0.29, 0.717) is 0 Å². The number of aryl methyl sites for hydroxylation is 1. The Morgan fingerprint density at radius 1 is 1.33 bits per heavy atom. The molecule has 2 heterocycles. The van der Waals surface area contributed by atoms with Crippen LogP contribution in [0.4, 0.5) is 0 Å². The van der Waals surface area contributed by atoms with Gasteiger partial charge in [-0.1, -0.05) is 11.3 Å². The second-order valence-electron chi connectivity index (χ2n) is 3.42. The van der Waals surface area contributed by atoms with Crippen LogP contribution in [0.3, 0.4) is 0 Å². The normalized spacial score (nSPS) is 13.0. The molecule has 5 heteroatoms. The van der Waals surface area contributed by atoms with Gasteiger partial charge >= 0.3 is 0 Å². The topological polar surface area (TPSA) is 37.8 Å². The summed E-state index contributed by atoms with van der Waals surface area (Å²) in [5.74, 6) is 0. The van der Waals surface area contributed by atoms with Gasteiger partial charge in [0.05, 0.1) is 6.04 Å². The van der Waals surface area contributed by atoms with Crippen molar-refractivity contribution in [3.8, 4) is 10.6 Å². The van der Waals surface area contributed by atoms with E-state index in [0.717, 1.165) is 10.0 Å². The van der Waals surface area contributed by atoms with Gasteiger partial charge in [0.15, 0.2) is 0 Å². The molecule has 0 saturated carbocycles. The average Bonchev–Trinajstić information content (AvgIpc) is 2.84. The third-order valence-electron chi connectivity index (χ3n) is 2.33. The SMILES string of the molecule is CNC(C)c1nnc(-c2cscc2C)s1. The van der Waals surface area contributed by atoms with Crippen molar-refractivity contribution in [2.45, 2.75) is 19.9 Å². The number of nitrogens with zero attached hydrogens (tertiary/aromatic N) is 2. The lowest BCUT2D eigenvalue weighted by molar-refractivity contribution is 0.640. The zero-order chi connectivity index (χ0) is 10.8. The molecule has 0 aliphatic carbocycles. The van der Waals surface area contributed by atoms with Gasteiger partial charge in [-0.15, -0.1) is 10.2 Å². The van der Waals surface area contributed by atoms with Crippen LogP contribution in [0.25, 0.3) is 10.6 Å². The predicted octanol–water partition coefficient (Wildman–Crippen LogP) is 2.86. The molecule has 0 radical (unpaired) electrons. The molecular weight excluding hydrogens is 226 g/mol. The zero-order valence-corrected chi connectivity index (χ0v) is 10.6. The van der Waals surface area contributed by atoms with Gasteiger partial charge in [0.2, 0.25) is 0 Å². The van der Waals surface area contributed by atoms with E-state index in [4.69, 9.17) is 0 Å². The number of hydrogen-bond donors (Lipinski definition) is 1. The molecule has 1 N–H and O–H groups in total. The van der Waals surface area contributed by atoms with Gasteiger partial charge in [0, 0.05) is 10.9 Å². The van der Waals surface area contributed by atoms with E-state index in [1.807, 2.05) is 7.05 Å². The maximum absolute atomic E-state index is 4.22. The molecule has 0 fully saturated rings. The fourth-order valence-electron chi connectivity index (χ4n) is 1.22. The highest BCUT2D eigenvalue weighted by Crippen LogP contribution is 2.30. The summed E-state index contributed by atoms with van der Waals surface area (Å²) in [6, 6.07) is 0.273. The molecule has 1 atom stereocenters. The van der Waals surface area contributed by atoms with Crippen LogP contribution in [0, 0.1) is 6.92 Å². The zero-order valence-electron chi connectivity index (χ0n) is 8.94. The Morgan fingerprint density at radius 2 is 2.13 bits per heavy atom. The minimum Gasteiger partial charge on any atom is -0.311 e. The van der Waals surface area contributed by atoms with E-state index in [2.05, 4.69) is 40.1 Å². The van der Waals surface area contributed by atoms with Crippen LogP contribution in [0.1, 0.15) is 23.5 Å². The quantitative estimate of drug-likeness (QED) is 0.895. The van der Waals surface area contributed by atoms with Gasteiger partial charge < -0.3 is 5.32 Å². The molecule has 0 saturated heterocycles. The Morgan fingerprint density at radius 3 is 2.73 bits per heavy atom. The maximum Gasteiger partial charge on any atom is 0.148 e. The summed E-state index contributed by atoms with van der Waals surface area (Å²) in [4.78, 5) is 0. The molecule has 3 nitrogen and oxygen atoms in total. The van der Waals surface area contributed by atoms with Crippen LogP contribution >= 0.6 is 22.7 Å². The Balaban J connectivity index is 2.32. The Hall–Kier alpha value is -0.780. The molecule has 0 amide bonds. The second kappa shape index (κ2) is 4.38. The molecular formula is C10H13N3S2. The lowest BCUT2D eigenvalue weighted by Gasteiger charge is -2.02. The number of thiophene rings is 1. The summed E-state index contributed by atoms with van der Waals surface area (Å²) in [7, 11) is 1.93. The van der Waals surface area contributed by atoms with E-state index in [1.54, 1.807) is 22.7 Å². The first-order chi connectivity index (χ1) is 7.22. The molecule has 2 aromatic heterocycles. The van der Waals surface area contributed by atoms with Crippen LogP contribution in [-0.2, 0) is 0 Å². The second-order valence-corrected chi connectivity index (χ2v) is 5.18. The van der Waals surface area contributed by atoms with Gasteiger partial charge in [-0.2, -0.15) is 11.3 Å². The first-order valence-corrected chi connectivity index (χ1v) is 6.52. The third-order valence-corrected chi connectivity index (χ3v) is 4.33. The van der Waals surface area contributed by atoms with Gasteiger partial charge in [0.1, 0.15) is 10.0 Å². The summed E-state index contributed by atoms with van der Waals surface area (Å²) in [5.41, 5.74) is 2.49. The molecule has 0 aliphatic rings. The van der Waals surface area contributed by atoms with E-state index in [-0.39, 0.29) is 6.04 Å². The molecule has 15 heavy (non-hydrogen) atoms. The smallest absolute Gasteiger partial charge is 0.148 e. The Bertz CT molecular complexity index is 447. The van der Waals surface area contributed by atoms with Gasteiger partial charge in [-0.25, -0.2) is 0 Å². The Kier molecular flexibility index (Phi) is 3.14. The minimum absolute atomic E-state index is 0.273. The monoisotopic (exact) mass is 239 g/mol. The van der Waals surface area contributed by atoms with Gasteiger partial charge in [-0.3, -0.25) is 0 Å². The molecule has 0 aromatic carbocycles. The lowest BCUT2D eigenvalue weighted by atomic mass is 10.2. The average molecular weight is 239 g/mol. The fourth-order valence-corrected chi connectivity index (χ4v) is 3.11. The number of aromatic nitrogens is 2. The van der Waals surface area contributed by atoms with Crippen LogP contribution in [0.5, 0.6) is 0 Å². The molecule has 2 rings (SSSR count). The van der Waals surface area contributed by atoms with Crippen molar-refractivity contribution in [3.05, 3.63) is 21.3 Å². The lowest BCUT2D eigenvalue weighted by Crippen LogP contribution is -2.11. The van der Waals surface area contributed by atoms with Crippen molar-refractivity contribution in [1.29, 1.82) is 0 Å². The maximum atomic E-state index is 4.22. The standard InChI is InChI=1S/C10H13N3S2/c1-6-4-14-5-8(6)10-13-12-9(15-10)7(2)11-3/h4-5,7,11H,1-3H3. The van der Waals surface area contributed by atoms with Crippen molar-refractivity contribution in [2.24, 2.45) is 0 Å². The van der Waals surface area contributed by atoms with Crippen LogP contribution in [0.15, 0.2) is 10.8 Å². The van der Waals surface area contributed by atoms with Crippen molar-refractivity contribution in [1.82, 2.24) is 15.5 Å². The van der Waals surface area contributed by atoms with E-state index in [9.17, 15) is 0 Å². The summed E-state index contributed by atoms with van der Waals surface area (Å²) in [5, 5.41) is 17.9. The first kappa shape index (κ1) is 10.7. The van der Waals surface area contributed by atoms with E-state index < -0.39 is 0 Å². The third kappa shape index (κ3) is 2.09. The summed E-state index contributed by atoms with van der Waals surface area (Å²) in [6.45, 7) is 4.19. The largest absolute Gasteiger partial charge is 0.311 e. The number of nitrogens with one attached hydrogen (secondary N) is 1. The Labute approximate surface area is 97.2 Å².